The van der Waals surface area contributed by atoms with Gasteiger partial charge in [-0.1, -0.05) is 20.3 Å². The van der Waals surface area contributed by atoms with E-state index in [0.717, 1.165) is 19.3 Å². The van der Waals surface area contributed by atoms with E-state index >= 15 is 0 Å². The second-order valence-corrected chi connectivity index (χ2v) is 6.53. The highest BCUT2D eigenvalue weighted by atomic mass is 32.2. The summed E-state index contributed by atoms with van der Waals surface area (Å²) in [7, 11) is -3.59. The first-order valence-corrected chi connectivity index (χ1v) is 8.09. The molecular weight excluding hydrogens is 265 g/mol. The number of sulfonamides is 1. The van der Waals surface area contributed by atoms with E-state index in [2.05, 4.69) is 4.72 Å². The Morgan fingerprint density at radius 3 is 2.16 bits per heavy atom. The molecule has 19 heavy (non-hydrogen) atoms. The Kier molecular flexibility index (Phi) is 5.50. The van der Waals surface area contributed by atoms with Gasteiger partial charge in [0.05, 0.1) is 4.90 Å². The first kappa shape index (κ1) is 16.1. The van der Waals surface area contributed by atoms with E-state index in [1.165, 1.54) is 12.1 Å². The van der Waals surface area contributed by atoms with Crippen LogP contribution in [0.2, 0.25) is 0 Å². The summed E-state index contributed by atoms with van der Waals surface area (Å²) in [6, 6.07) is 2.43. The second-order valence-electron chi connectivity index (χ2n) is 4.88. The van der Waals surface area contributed by atoms with Gasteiger partial charge in [-0.05, 0) is 49.9 Å². The van der Waals surface area contributed by atoms with E-state index in [0.29, 0.717) is 11.1 Å². The van der Waals surface area contributed by atoms with Gasteiger partial charge in [-0.2, -0.15) is 0 Å². The third-order valence-corrected chi connectivity index (χ3v) is 4.97. The zero-order valence-electron chi connectivity index (χ0n) is 12.0. The SMILES string of the molecule is CCCC(CC)NS(=O)(=O)c1c(C)cc(F)cc1C. The van der Waals surface area contributed by atoms with Crippen molar-refractivity contribution in [1.82, 2.24) is 4.72 Å². The van der Waals surface area contributed by atoms with Crippen LogP contribution in [0.15, 0.2) is 17.0 Å². The summed E-state index contributed by atoms with van der Waals surface area (Å²) in [5.41, 5.74) is 0.882. The van der Waals surface area contributed by atoms with Crippen LogP contribution >= 0.6 is 0 Å². The fraction of sp³-hybridized carbons (Fsp3) is 0.571. The molecule has 0 amide bonds. The highest BCUT2D eigenvalue weighted by molar-refractivity contribution is 7.89. The third kappa shape index (κ3) is 4.01. The molecule has 0 saturated carbocycles. The van der Waals surface area contributed by atoms with Crippen molar-refractivity contribution in [1.29, 1.82) is 0 Å². The van der Waals surface area contributed by atoms with E-state index in [1.807, 2.05) is 13.8 Å². The standard InChI is InChI=1S/C14H22FNO2S/c1-5-7-13(6-2)16-19(17,18)14-10(3)8-12(15)9-11(14)4/h8-9,13,16H,5-7H2,1-4H3. The zero-order chi connectivity index (χ0) is 14.6. The topological polar surface area (TPSA) is 46.2 Å². The largest absolute Gasteiger partial charge is 0.241 e. The molecule has 0 heterocycles. The number of hydrogen-bond donors (Lipinski definition) is 1. The van der Waals surface area contributed by atoms with Gasteiger partial charge in [0.25, 0.3) is 0 Å². The van der Waals surface area contributed by atoms with Crippen LogP contribution in [0.25, 0.3) is 0 Å². The molecule has 0 aliphatic rings. The monoisotopic (exact) mass is 287 g/mol. The van der Waals surface area contributed by atoms with Gasteiger partial charge in [0.2, 0.25) is 10.0 Å². The Morgan fingerprint density at radius 2 is 1.74 bits per heavy atom. The van der Waals surface area contributed by atoms with Crippen molar-refractivity contribution in [3.63, 3.8) is 0 Å². The molecular formula is C14H22FNO2S. The molecule has 5 heteroatoms. The minimum Gasteiger partial charge on any atom is -0.208 e. The lowest BCUT2D eigenvalue weighted by Crippen LogP contribution is -2.35. The van der Waals surface area contributed by atoms with Gasteiger partial charge in [-0.3, -0.25) is 0 Å². The highest BCUT2D eigenvalue weighted by Gasteiger charge is 2.23. The van der Waals surface area contributed by atoms with Crippen LogP contribution in [-0.2, 0) is 10.0 Å². The Labute approximate surface area is 115 Å². The molecule has 3 nitrogen and oxygen atoms in total. The van der Waals surface area contributed by atoms with E-state index < -0.39 is 15.8 Å². The number of aryl methyl sites for hydroxylation is 2. The molecule has 0 aliphatic heterocycles. The quantitative estimate of drug-likeness (QED) is 0.872. The third-order valence-electron chi connectivity index (χ3n) is 3.15. The number of nitrogens with one attached hydrogen (secondary N) is 1. The smallest absolute Gasteiger partial charge is 0.208 e. The minimum absolute atomic E-state index is 0.0705. The summed E-state index contributed by atoms with van der Waals surface area (Å²) >= 11 is 0. The van der Waals surface area contributed by atoms with Gasteiger partial charge in [0.15, 0.2) is 0 Å². The first-order chi connectivity index (χ1) is 8.81. The molecule has 0 aliphatic carbocycles. The highest BCUT2D eigenvalue weighted by Crippen LogP contribution is 2.22. The van der Waals surface area contributed by atoms with Crippen LogP contribution in [0.5, 0.6) is 0 Å². The van der Waals surface area contributed by atoms with Crippen molar-refractivity contribution in [2.24, 2.45) is 0 Å². The first-order valence-electron chi connectivity index (χ1n) is 6.60. The van der Waals surface area contributed by atoms with Crippen molar-refractivity contribution in [2.75, 3.05) is 0 Å². The fourth-order valence-electron chi connectivity index (χ4n) is 2.29. The Bertz CT molecular complexity index is 517. The molecule has 0 saturated heterocycles. The Morgan fingerprint density at radius 1 is 1.21 bits per heavy atom. The van der Waals surface area contributed by atoms with Gasteiger partial charge in [-0.15, -0.1) is 0 Å². The van der Waals surface area contributed by atoms with Crippen molar-refractivity contribution in [3.8, 4) is 0 Å². The summed E-state index contributed by atoms with van der Waals surface area (Å²) in [6.07, 6.45) is 2.46. The van der Waals surface area contributed by atoms with Gasteiger partial charge in [0.1, 0.15) is 5.82 Å². The molecule has 1 unspecified atom stereocenters. The average molecular weight is 287 g/mol. The molecule has 0 aromatic heterocycles. The predicted octanol–water partition coefficient (Wildman–Crippen LogP) is 3.30. The summed E-state index contributed by atoms with van der Waals surface area (Å²) < 4.78 is 40.7. The normalized spacial score (nSPS) is 13.5. The Hall–Kier alpha value is -0.940. The van der Waals surface area contributed by atoms with E-state index in [4.69, 9.17) is 0 Å². The number of benzene rings is 1. The molecule has 1 aromatic rings. The molecule has 0 fully saturated rings. The molecule has 108 valence electrons. The summed E-state index contributed by atoms with van der Waals surface area (Å²) in [4.78, 5) is 0.198. The van der Waals surface area contributed by atoms with Crippen LogP contribution in [0, 0.1) is 19.7 Å². The van der Waals surface area contributed by atoms with Gasteiger partial charge < -0.3 is 0 Å². The Balaban J connectivity index is 3.14. The van der Waals surface area contributed by atoms with Crippen LogP contribution < -0.4 is 4.72 Å². The minimum atomic E-state index is -3.59. The van der Waals surface area contributed by atoms with Crippen molar-refractivity contribution in [3.05, 3.63) is 29.1 Å². The van der Waals surface area contributed by atoms with Gasteiger partial charge >= 0.3 is 0 Å². The molecule has 1 N–H and O–H groups in total. The van der Waals surface area contributed by atoms with Gasteiger partial charge in [0, 0.05) is 6.04 Å². The second kappa shape index (κ2) is 6.48. The van der Waals surface area contributed by atoms with E-state index in [1.54, 1.807) is 13.8 Å². The van der Waals surface area contributed by atoms with Crippen LogP contribution in [0.3, 0.4) is 0 Å². The van der Waals surface area contributed by atoms with Crippen molar-refractivity contribution in [2.45, 2.75) is 57.9 Å². The zero-order valence-corrected chi connectivity index (χ0v) is 12.8. The van der Waals surface area contributed by atoms with E-state index in [9.17, 15) is 12.8 Å². The van der Waals surface area contributed by atoms with Crippen LogP contribution in [0.4, 0.5) is 4.39 Å². The lowest BCUT2D eigenvalue weighted by atomic mass is 10.1. The summed E-state index contributed by atoms with van der Waals surface area (Å²) in [5, 5.41) is 0. The summed E-state index contributed by atoms with van der Waals surface area (Å²) in [5.74, 6) is -0.408. The molecule has 0 spiro atoms. The molecule has 1 atom stereocenters. The molecule has 0 radical (unpaired) electrons. The summed E-state index contributed by atoms with van der Waals surface area (Å²) in [6.45, 7) is 7.20. The molecule has 0 bridgehead atoms. The van der Waals surface area contributed by atoms with Crippen molar-refractivity contribution < 1.29 is 12.8 Å². The average Bonchev–Trinajstić information content (AvgIpc) is 2.25. The molecule has 1 rings (SSSR count). The lowest BCUT2D eigenvalue weighted by molar-refractivity contribution is 0.511. The lowest BCUT2D eigenvalue weighted by Gasteiger charge is -2.18. The fourth-order valence-corrected chi connectivity index (χ4v) is 4.10. The number of hydrogen-bond acceptors (Lipinski definition) is 2. The number of halogens is 1. The molecule has 1 aromatic carbocycles. The number of rotatable bonds is 6. The van der Waals surface area contributed by atoms with Crippen molar-refractivity contribution >= 4 is 10.0 Å². The predicted molar refractivity (Wildman–Crippen MR) is 75.2 cm³/mol. The van der Waals surface area contributed by atoms with Crippen LogP contribution in [-0.4, -0.2) is 14.5 Å². The maximum Gasteiger partial charge on any atom is 0.241 e. The van der Waals surface area contributed by atoms with E-state index in [-0.39, 0.29) is 10.9 Å². The van der Waals surface area contributed by atoms with Gasteiger partial charge in [-0.25, -0.2) is 17.5 Å². The maximum absolute atomic E-state index is 13.2. The maximum atomic E-state index is 13.2. The van der Waals surface area contributed by atoms with Crippen LogP contribution in [0.1, 0.15) is 44.2 Å².